The molecule has 0 radical (unpaired) electrons. The van der Waals surface area contributed by atoms with Crippen LogP contribution in [-0.2, 0) is 11.0 Å². The molecule has 0 saturated heterocycles. The Morgan fingerprint density at radius 2 is 2.16 bits per heavy atom. The minimum absolute atomic E-state index is 0.00847. The highest BCUT2D eigenvalue weighted by atomic mass is 28.4. The maximum absolute atomic E-state index is 6.35. The lowest BCUT2D eigenvalue weighted by molar-refractivity contribution is 0.0349. The molecular weight excluding hydrogens is 256 g/mol. The number of rotatable bonds is 3. The third-order valence-corrected chi connectivity index (χ3v) is 8.84. The largest absolute Gasteiger partial charge is 0.477 e. The monoisotopic (exact) mass is 282 g/mol. The van der Waals surface area contributed by atoms with Gasteiger partial charge in [0.05, 0.1) is 19.3 Å². The van der Waals surface area contributed by atoms with Crippen LogP contribution in [0.4, 0.5) is 0 Å². The molecular formula is C14H26N2O2Si. The van der Waals surface area contributed by atoms with Crippen molar-refractivity contribution in [3.63, 3.8) is 0 Å². The molecule has 0 bridgehead atoms. The Hall–Kier alpha value is -0.813. The van der Waals surface area contributed by atoms with E-state index in [1.807, 2.05) is 10.7 Å². The van der Waals surface area contributed by atoms with Crippen LogP contribution in [0.1, 0.15) is 27.7 Å². The molecule has 0 N–H and O–H groups in total. The number of ether oxygens (including phenoxy) is 1. The summed E-state index contributed by atoms with van der Waals surface area (Å²) in [5.74, 6) is 0.866. The fraction of sp³-hybridized carbons (Fsp3) is 0.786. The molecule has 0 fully saturated rings. The van der Waals surface area contributed by atoms with Crippen molar-refractivity contribution in [2.45, 2.75) is 52.4 Å². The van der Waals surface area contributed by atoms with E-state index < -0.39 is 8.32 Å². The molecule has 1 aliphatic heterocycles. The van der Waals surface area contributed by atoms with Crippen LogP contribution in [0.25, 0.3) is 0 Å². The molecule has 1 atom stereocenters. The number of aromatic nitrogens is 2. The van der Waals surface area contributed by atoms with Crippen molar-refractivity contribution < 1.29 is 9.16 Å². The maximum Gasteiger partial charge on any atom is 0.211 e. The minimum Gasteiger partial charge on any atom is -0.477 e. The van der Waals surface area contributed by atoms with Gasteiger partial charge in [0.1, 0.15) is 0 Å². The highest BCUT2D eigenvalue weighted by Crippen LogP contribution is 2.38. The summed E-state index contributed by atoms with van der Waals surface area (Å²) in [6.45, 7) is 15.9. The second-order valence-corrected chi connectivity index (χ2v) is 12.3. The minimum atomic E-state index is -1.70. The van der Waals surface area contributed by atoms with Crippen molar-refractivity contribution in [1.82, 2.24) is 9.78 Å². The summed E-state index contributed by atoms with van der Waals surface area (Å²) in [7, 11) is -1.70. The summed E-state index contributed by atoms with van der Waals surface area (Å²) in [4.78, 5) is 0. The third-order valence-electron chi connectivity index (χ3n) is 4.37. The topological polar surface area (TPSA) is 36.3 Å². The highest BCUT2D eigenvalue weighted by molar-refractivity contribution is 6.74. The van der Waals surface area contributed by atoms with Gasteiger partial charge in [0.15, 0.2) is 8.32 Å². The average molecular weight is 282 g/mol. The molecule has 1 aromatic rings. The molecule has 19 heavy (non-hydrogen) atoms. The summed E-state index contributed by atoms with van der Waals surface area (Å²) in [5, 5.41) is 4.54. The maximum atomic E-state index is 6.35. The first kappa shape index (κ1) is 14.6. The van der Waals surface area contributed by atoms with Gasteiger partial charge in [0.25, 0.3) is 0 Å². The molecule has 0 aromatic carbocycles. The Balaban J connectivity index is 2.01. The van der Waals surface area contributed by atoms with Crippen molar-refractivity contribution in [2.75, 3.05) is 13.2 Å². The van der Waals surface area contributed by atoms with Crippen LogP contribution in [0.15, 0.2) is 12.3 Å². The summed E-state index contributed by atoms with van der Waals surface area (Å²) in [5.41, 5.74) is 0.00847. The number of hydrogen-bond donors (Lipinski definition) is 0. The van der Waals surface area contributed by atoms with Crippen LogP contribution in [0, 0.1) is 5.41 Å². The van der Waals surface area contributed by atoms with Crippen molar-refractivity contribution in [2.24, 2.45) is 5.41 Å². The predicted octanol–water partition coefficient (Wildman–Crippen LogP) is 3.30. The zero-order chi connectivity index (χ0) is 14.3. The van der Waals surface area contributed by atoms with E-state index in [1.54, 1.807) is 6.20 Å². The van der Waals surface area contributed by atoms with Gasteiger partial charge < -0.3 is 9.16 Å². The second-order valence-electron chi connectivity index (χ2n) is 7.48. The van der Waals surface area contributed by atoms with Crippen LogP contribution >= 0.6 is 0 Å². The van der Waals surface area contributed by atoms with Crippen molar-refractivity contribution >= 4 is 8.32 Å². The van der Waals surface area contributed by atoms with E-state index >= 15 is 0 Å². The van der Waals surface area contributed by atoms with Crippen LogP contribution in [-0.4, -0.2) is 31.3 Å². The molecule has 1 aromatic heterocycles. The molecule has 0 saturated carbocycles. The van der Waals surface area contributed by atoms with Gasteiger partial charge in [-0.25, -0.2) is 4.68 Å². The lowest BCUT2D eigenvalue weighted by atomic mass is 9.92. The van der Waals surface area contributed by atoms with E-state index in [9.17, 15) is 0 Å². The Labute approximate surface area is 117 Å². The SMILES string of the molecule is CC1(CO[Si](C)(C)C(C)(C)C)COc2ccnn2C1. The fourth-order valence-corrected chi connectivity index (χ4v) is 3.02. The lowest BCUT2D eigenvalue weighted by Crippen LogP contribution is -2.47. The van der Waals surface area contributed by atoms with Crippen LogP contribution in [0.5, 0.6) is 5.88 Å². The molecule has 1 aliphatic rings. The number of nitrogens with zero attached hydrogens (tertiary/aromatic N) is 2. The molecule has 4 nitrogen and oxygen atoms in total. The number of fused-ring (bicyclic) bond motifs is 1. The van der Waals surface area contributed by atoms with Gasteiger partial charge in [-0.2, -0.15) is 5.10 Å². The smallest absolute Gasteiger partial charge is 0.211 e. The van der Waals surface area contributed by atoms with Crippen molar-refractivity contribution in [3.8, 4) is 5.88 Å². The van der Waals surface area contributed by atoms with Crippen LogP contribution in [0.2, 0.25) is 18.1 Å². The summed E-state index contributed by atoms with van der Waals surface area (Å²) in [6, 6.07) is 1.91. The standard InChI is InChI=1S/C14H26N2O2Si/c1-13(2,3)19(5,6)18-11-14(4)9-16-12(17-10-14)7-8-15-16/h7-8H,9-11H2,1-6H3. The Morgan fingerprint density at radius 1 is 1.47 bits per heavy atom. The van der Waals surface area contributed by atoms with E-state index in [4.69, 9.17) is 9.16 Å². The molecule has 0 amide bonds. The van der Waals surface area contributed by atoms with E-state index in [1.165, 1.54) is 0 Å². The third kappa shape index (κ3) is 3.03. The van der Waals surface area contributed by atoms with Gasteiger partial charge in [0.2, 0.25) is 5.88 Å². The molecule has 2 rings (SSSR count). The van der Waals surface area contributed by atoms with Gasteiger partial charge >= 0.3 is 0 Å². The van der Waals surface area contributed by atoms with E-state index in [0.29, 0.717) is 6.61 Å². The quantitative estimate of drug-likeness (QED) is 0.798. The molecule has 5 heteroatoms. The zero-order valence-corrected chi connectivity index (χ0v) is 14.0. The van der Waals surface area contributed by atoms with E-state index in [0.717, 1.165) is 19.0 Å². The summed E-state index contributed by atoms with van der Waals surface area (Å²) in [6.07, 6.45) is 1.79. The first-order valence-corrected chi connectivity index (χ1v) is 9.82. The fourth-order valence-electron chi connectivity index (χ4n) is 1.88. The van der Waals surface area contributed by atoms with Gasteiger partial charge in [-0.3, -0.25) is 0 Å². The van der Waals surface area contributed by atoms with Gasteiger partial charge in [-0.05, 0) is 18.1 Å². The zero-order valence-electron chi connectivity index (χ0n) is 13.0. The molecule has 108 valence electrons. The summed E-state index contributed by atoms with van der Waals surface area (Å²) < 4.78 is 14.0. The van der Waals surface area contributed by atoms with E-state index in [2.05, 4.69) is 45.9 Å². The average Bonchev–Trinajstić information content (AvgIpc) is 2.72. The Morgan fingerprint density at radius 3 is 2.79 bits per heavy atom. The Kier molecular flexibility index (Phi) is 3.56. The van der Waals surface area contributed by atoms with Crippen molar-refractivity contribution in [3.05, 3.63) is 12.3 Å². The van der Waals surface area contributed by atoms with E-state index in [-0.39, 0.29) is 10.5 Å². The van der Waals surface area contributed by atoms with Gasteiger partial charge in [-0.1, -0.05) is 27.7 Å². The first-order chi connectivity index (χ1) is 8.63. The molecule has 0 aliphatic carbocycles. The van der Waals surface area contributed by atoms with Crippen LogP contribution < -0.4 is 4.74 Å². The van der Waals surface area contributed by atoms with Crippen molar-refractivity contribution in [1.29, 1.82) is 0 Å². The molecule has 1 unspecified atom stereocenters. The van der Waals surface area contributed by atoms with Gasteiger partial charge in [-0.15, -0.1) is 0 Å². The first-order valence-electron chi connectivity index (χ1n) is 6.92. The highest BCUT2D eigenvalue weighted by Gasteiger charge is 2.40. The lowest BCUT2D eigenvalue weighted by Gasteiger charge is -2.41. The normalized spacial score (nSPS) is 23.9. The van der Waals surface area contributed by atoms with Crippen LogP contribution in [0.3, 0.4) is 0 Å². The second kappa shape index (κ2) is 4.63. The molecule has 0 spiro atoms. The van der Waals surface area contributed by atoms with Gasteiger partial charge in [0, 0.05) is 18.1 Å². The molecule has 2 heterocycles. The number of hydrogen-bond acceptors (Lipinski definition) is 3. The summed E-state index contributed by atoms with van der Waals surface area (Å²) >= 11 is 0. The Bertz CT molecular complexity index is 451. The predicted molar refractivity (Wildman–Crippen MR) is 79.0 cm³/mol.